The first-order valence-corrected chi connectivity index (χ1v) is 9.64. The van der Waals surface area contributed by atoms with E-state index in [1.165, 1.54) is 11.1 Å². The molecular weight excluding hydrogens is 332 g/mol. The number of ether oxygens (including phenoxy) is 3. The predicted octanol–water partition coefficient (Wildman–Crippen LogP) is 2.90. The normalized spacial score (nSPS) is 30.3. The Kier molecular flexibility index (Phi) is 4.47. The highest BCUT2D eigenvalue weighted by molar-refractivity contribution is 5.70. The molecule has 0 saturated carbocycles. The Balaban J connectivity index is 1.71. The molecule has 1 aromatic rings. The van der Waals surface area contributed by atoms with Gasteiger partial charge in [0.1, 0.15) is 5.60 Å². The van der Waals surface area contributed by atoms with Gasteiger partial charge in [-0.1, -0.05) is 6.92 Å². The summed E-state index contributed by atoms with van der Waals surface area (Å²) in [5.74, 6) is 1.96. The van der Waals surface area contributed by atoms with E-state index in [1.54, 1.807) is 7.11 Å². The molecule has 0 bridgehead atoms. The summed E-state index contributed by atoms with van der Waals surface area (Å²) < 4.78 is 17.2. The summed E-state index contributed by atoms with van der Waals surface area (Å²) in [6.07, 6.45) is 2.57. The summed E-state index contributed by atoms with van der Waals surface area (Å²) in [6, 6.07) is 4.51. The van der Waals surface area contributed by atoms with Crippen LogP contribution in [0.15, 0.2) is 12.1 Å². The van der Waals surface area contributed by atoms with Crippen molar-refractivity contribution in [2.75, 3.05) is 33.4 Å². The summed E-state index contributed by atoms with van der Waals surface area (Å²) >= 11 is 0. The minimum Gasteiger partial charge on any atom is -0.493 e. The average molecular weight is 360 g/mol. The zero-order valence-electron chi connectivity index (χ0n) is 15.8. The van der Waals surface area contributed by atoms with Gasteiger partial charge >= 0.3 is 6.09 Å². The average Bonchev–Trinajstić information content (AvgIpc) is 3.02. The van der Waals surface area contributed by atoms with E-state index in [9.17, 15) is 4.79 Å². The van der Waals surface area contributed by atoms with Crippen molar-refractivity contribution in [3.8, 4) is 11.5 Å². The van der Waals surface area contributed by atoms with Crippen LogP contribution in [0.1, 0.15) is 43.9 Å². The van der Waals surface area contributed by atoms with E-state index in [0.717, 1.165) is 43.9 Å². The number of carbonyl (C=O) groups excluding carboxylic acids is 1. The maximum Gasteiger partial charge on any atom is 0.407 e. The van der Waals surface area contributed by atoms with E-state index >= 15 is 0 Å². The van der Waals surface area contributed by atoms with Gasteiger partial charge in [-0.25, -0.2) is 4.79 Å². The number of fused-ring (bicyclic) bond motifs is 3. The minimum absolute atomic E-state index is 0.249. The number of carbonyl (C=O) groups is 1. The van der Waals surface area contributed by atoms with Gasteiger partial charge in [-0.15, -0.1) is 0 Å². The van der Waals surface area contributed by atoms with Gasteiger partial charge in [0.25, 0.3) is 0 Å². The smallest absolute Gasteiger partial charge is 0.407 e. The molecule has 2 saturated heterocycles. The second-order valence-corrected chi connectivity index (χ2v) is 7.51. The van der Waals surface area contributed by atoms with E-state index < -0.39 is 5.60 Å². The molecule has 0 unspecified atom stereocenters. The lowest BCUT2D eigenvalue weighted by Crippen LogP contribution is -2.56. The highest BCUT2D eigenvalue weighted by Crippen LogP contribution is 2.48. The summed E-state index contributed by atoms with van der Waals surface area (Å²) in [5.41, 5.74) is 2.21. The van der Waals surface area contributed by atoms with E-state index in [1.807, 2.05) is 6.92 Å². The first-order valence-electron chi connectivity index (χ1n) is 9.64. The van der Waals surface area contributed by atoms with Crippen LogP contribution in [0, 0.1) is 5.92 Å². The number of nitrogens with one attached hydrogen (secondary N) is 1. The van der Waals surface area contributed by atoms with Crippen LogP contribution in [0.25, 0.3) is 0 Å². The van der Waals surface area contributed by atoms with Gasteiger partial charge in [-0.2, -0.15) is 0 Å². The third kappa shape index (κ3) is 2.71. The second kappa shape index (κ2) is 6.65. The SMILES string of the molecule is CCOc1cc2c(cc1OC)CCN1C[C@H](CC)[C@@]3(CNC(=O)O3)C[C@@H]21. The van der Waals surface area contributed by atoms with Crippen LogP contribution in [0.4, 0.5) is 4.79 Å². The van der Waals surface area contributed by atoms with Crippen molar-refractivity contribution in [2.45, 2.75) is 44.8 Å². The van der Waals surface area contributed by atoms with Gasteiger partial charge in [0, 0.05) is 31.5 Å². The Labute approximate surface area is 154 Å². The van der Waals surface area contributed by atoms with Crippen molar-refractivity contribution in [2.24, 2.45) is 5.92 Å². The van der Waals surface area contributed by atoms with Gasteiger partial charge in [0.2, 0.25) is 0 Å². The van der Waals surface area contributed by atoms with E-state index in [4.69, 9.17) is 14.2 Å². The molecule has 142 valence electrons. The number of benzene rings is 1. The largest absolute Gasteiger partial charge is 0.493 e. The number of piperidine rings is 1. The summed E-state index contributed by atoms with van der Waals surface area (Å²) in [7, 11) is 1.68. The molecule has 1 N–H and O–H groups in total. The number of rotatable bonds is 4. The zero-order chi connectivity index (χ0) is 18.3. The van der Waals surface area contributed by atoms with Crippen LogP contribution in [0.5, 0.6) is 11.5 Å². The molecule has 3 atom stereocenters. The molecule has 3 aliphatic heterocycles. The number of amides is 1. The molecule has 3 aliphatic rings. The Bertz CT molecular complexity index is 707. The predicted molar refractivity (Wildman–Crippen MR) is 97.8 cm³/mol. The Morgan fingerprint density at radius 3 is 2.85 bits per heavy atom. The molecule has 0 aliphatic carbocycles. The van der Waals surface area contributed by atoms with Crippen molar-refractivity contribution in [3.05, 3.63) is 23.3 Å². The van der Waals surface area contributed by atoms with E-state index in [-0.39, 0.29) is 12.1 Å². The lowest BCUT2D eigenvalue weighted by Gasteiger charge is -2.50. The summed E-state index contributed by atoms with van der Waals surface area (Å²) in [5, 5.41) is 2.89. The van der Waals surface area contributed by atoms with Crippen molar-refractivity contribution in [3.63, 3.8) is 0 Å². The van der Waals surface area contributed by atoms with Crippen molar-refractivity contribution in [1.82, 2.24) is 10.2 Å². The lowest BCUT2D eigenvalue weighted by atomic mass is 9.72. The van der Waals surface area contributed by atoms with Crippen LogP contribution in [0.3, 0.4) is 0 Å². The second-order valence-electron chi connectivity index (χ2n) is 7.51. The number of alkyl carbamates (subject to hydrolysis) is 1. The Morgan fingerprint density at radius 2 is 2.19 bits per heavy atom. The summed E-state index contributed by atoms with van der Waals surface area (Å²) in [4.78, 5) is 14.4. The molecular formula is C20H28N2O4. The highest BCUT2D eigenvalue weighted by Gasteiger charge is 2.53. The molecule has 1 amide bonds. The lowest BCUT2D eigenvalue weighted by molar-refractivity contribution is -0.0766. The topological polar surface area (TPSA) is 60.0 Å². The van der Waals surface area contributed by atoms with Crippen LogP contribution in [-0.2, 0) is 11.2 Å². The van der Waals surface area contributed by atoms with Crippen molar-refractivity contribution >= 4 is 6.09 Å². The van der Waals surface area contributed by atoms with Gasteiger partial charge < -0.3 is 19.5 Å². The third-order valence-corrected chi connectivity index (χ3v) is 6.25. The minimum atomic E-state index is -0.396. The number of nitrogens with zero attached hydrogens (tertiary/aromatic N) is 1. The first-order chi connectivity index (χ1) is 12.6. The molecule has 26 heavy (non-hydrogen) atoms. The fraction of sp³-hybridized carbons (Fsp3) is 0.650. The van der Waals surface area contributed by atoms with Crippen LogP contribution in [0.2, 0.25) is 0 Å². The molecule has 4 rings (SSSR count). The van der Waals surface area contributed by atoms with Gasteiger partial charge in [-0.3, -0.25) is 4.90 Å². The van der Waals surface area contributed by atoms with Crippen LogP contribution < -0.4 is 14.8 Å². The monoisotopic (exact) mass is 360 g/mol. The Hall–Kier alpha value is -1.95. The first kappa shape index (κ1) is 17.5. The molecule has 2 fully saturated rings. The standard InChI is InChI=1S/C20H28N2O4/c1-4-14-11-22-7-6-13-8-17(24-3)18(25-5-2)9-15(13)16(22)10-20(14)12-21-19(23)26-20/h8-9,14,16H,4-7,10-12H2,1-3H3,(H,21,23)/t14-,16-,20-/m0/s1. The van der Waals surface area contributed by atoms with Crippen LogP contribution >= 0.6 is 0 Å². The van der Waals surface area contributed by atoms with Crippen LogP contribution in [-0.4, -0.2) is 49.9 Å². The molecule has 6 nitrogen and oxygen atoms in total. The van der Waals surface area contributed by atoms with E-state index in [2.05, 4.69) is 29.3 Å². The van der Waals surface area contributed by atoms with Crippen molar-refractivity contribution < 1.29 is 19.0 Å². The number of hydrogen-bond donors (Lipinski definition) is 1. The molecule has 1 spiro atoms. The zero-order valence-corrected chi connectivity index (χ0v) is 15.8. The molecule has 3 heterocycles. The summed E-state index contributed by atoms with van der Waals surface area (Å²) in [6.45, 7) is 7.38. The quantitative estimate of drug-likeness (QED) is 0.895. The Morgan fingerprint density at radius 1 is 1.35 bits per heavy atom. The highest BCUT2D eigenvalue weighted by atomic mass is 16.6. The van der Waals surface area contributed by atoms with Crippen molar-refractivity contribution in [1.29, 1.82) is 0 Å². The van der Waals surface area contributed by atoms with Gasteiger partial charge in [0.15, 0.2) is 11.5 Å². The fourth-order valence-electron chi connectivity index (χ4n) is 4.91. The van der Waals surface area contributed by atoms with Gasteiger partial charge in [-0.05, 0) is 43.0 Å². The third-order valence-electron chi connectivity index (χ3n) is 6.25. The molecule has 1 aromatic carbocycles. The fourth-order valence-corrected chi connectivity index (χ4v) is 4.91. The number of methoxy groups -OCH3 is 1. The maximum atomic E-state index is 11.8. The number of hydrogen-bond acceptors (Lipinski definition) is 5. The van der Waals surface area contributed by atoms with Gasteiger partial charge in [0.05, 0.1) is 20.3 Å². The molecule has 0 radical (unpaired) electrons. The maximum absolute atomic E-state index is 11.8. The molecule has 6 heteroatoms. The molecule has 0 aromatic heterocycles. The van der Waals surface area contributed by atoms with E-state index in [0.29, 0.717) is 19.1 Å².